The molecule has 0 amide bonds. The van der Waals surface area contributed by atoms with Gasteiger partial charge in [0.15, 0.2) is 5.65 Å². The summed E-state index contributed by atoms with van der Waals surface area (Å²) in [6.07, 6.45) is 1.50. The van der Waals surface area contributed by atoms with Crippen molar-refractivity contribution in [3.05, 3.63) is 17.1 Å². The molecule has 0 bridgehead atoms. The van der Waals surface area contributed by atoms with Gasteiger partial charge in [-0.25, -0.2) is 4.98 Å². The molecule has 68 valence electrons. The molecule has 2 heterocycles. The number of nitrogens with one attached hydrogen (secondary N) is 1. The van der Waals surface area contributed by atoms with Gasteiger partial charge < -0.3 is 9.55 Å². The Balaban J connectivity index is 2.93. The maximum absolute atomic E-state index is 12.0. The van der Waals surface area contributed by atoms with Crippen molar-refractivity contribution in [2.24, 2.45) is 12.3 Å². The number of aromatic nitrogens is 4. The summed E-state index contributed by atoms with van der Waals surface area (Å²) in [6.45, 7) is 0. The van der Waals surface area contributed by atoms with Crippen molar-refractivity contribution in [1.29, 1.82) is 0 Å². The van der Waals surface area contributed by atoms with E-state index in [1.54, 1.807) is 7.05 Å². The number of imidazole rings is 1. The Morgan fingerprint density at radius 2 is 2.46 bits per heavy atom. The molecule has 2 aromatic rings. The van der Waals surface area contributed by atoms with Gasteiger partial charge >= 0.3 is 0 Å². The number of fused-ring (bicyclic) bond motifs is 1. The second-order valence-corrected chi connectivity index (χ2v) is 2.80. The van der Waals surface area contributed by atoms with Crippen LogP contribution >= 0.6 is 11.6 Å². The fourth-order valence-corrected chi connectivity index (χ4v) is 1.21. The average Bonchev–Trinajstić information content (AvgIpc) is 2.42. The van der Waals surface area contributed by atoms with Crippen molar-refractivity contribution in [3.63, 3.8) is 0 Å². The topological polar surface area (TPSA) is 58.9 Å². The Hall–Kier alpha value is -1.43. The Morgan fingerprint density at radius 3 is 3.15 bits per heavy atom. The number of aryl methyl sites for hydroxylation is 1. The molecule has 0 aliphatic rings. The molecule has 0 saturated heterocycles. The molecular formula is C6H5ClFN5. The first kappa shape index (κ1) is 8.18. The standard InChI is InChI=1S/C6H5ClFN5/c1-13-3-2-9-5(7)10-4(3)11-6(13)12-8/h2H,1H3,(H,9,10,11,12). The lowest BCUT2D eigenvalue weighted by Crippen LogP contribution is -2.13. The van der Waals surface area contributed by atoms with Crippen LogP contribution in [0, 0.1) is 0 Å². The maximum Gasteiger partial charge on any atom is 0.239 e. The fraction of sp³-hybridized carbons (Fsp3) is 0.167. The highest BCUT2D eigenvalue weighted by Gasteiger charge is 2.03. The van der Waals surface area contributed by atoms with E-state index < -0.39 is 0 Å². The highest BCUT2D eigenvalue weighted by Crippen LogP contribution is 2.07. The largest absolute Gasteiger partial charge is 0.309 e. The molecule has 0 aliphatic carbocycles. The van der Waals surface area contributed by atoms with Gasteiger partial charge in [0.25, 0.3) is 0 Å². The molecule has 0 saturated carbocycles. The highest BCUT2D eigenvalue weighted by atomic mass is 35.5. The molecule has 7 heteroatoms. The van der Waals surface area contributed by atoms with Crippen LogP contribution in [0.2, 0.25) is 5.28 Å². The third kappa shape index (κ3) is 1.19. The third-order valence-corrected chi connectivity index (χ3v) is 1.91. The molecule has 0 aliphatic heterocycles. The first-order valence-electron chi connectivity index (χ1n) is 3.44. The highest BCUT2D eigenvalue weighted by molar-refractivity contribution is 6.28. The van der Waals surface area contributed by atoms with Crippen LogP contribution < -0.4 is 5.62 Å². The van der Waals surface area contributed by atoms with Gasteiger partial charge in [-0.1, -0.05) is 4.48 Å². The van der Waals surface area contributed by atoms with Crippen molar-refractivity contribution in [3.8, 4) is 0 Å². The normalized spacial score (nSPS) is 12.7. The van der Waals surface area contributed by atoms with Gasteiger partial charge in [0.1, 0.15) is 5.52 Å². The van der Waals surface area contributed by atoms with Crippen molar-refractivity contribution >= 4 is 22.8 Å². The number of halogens is 2. The number of rotatable bonds is 0. The summed E-state index contributed by atoms with van der Waals surface area (Å²) < 4.78 is 13.5. The van der Waals surface area contributed by atoms with Gasteiger partial charge in [-0.2, -0.15) is 4.98 Å². The zero-order valence-corrected chi connectivity index (χ0v) is 7.38. The molecule has 2 aromatic heterocycles. The summed E-state index contributed by atoms with van der Waals surface area (Å²) in [5.41, 5.74) is 1.17. The van der Waals surface area contributed by atoms with E-state index in [1.807, 2.05) is 0 Å². The first-order chi connectivity index (χ1) is 6.22. The second-order valence-electron chi connectivity index (χ2n) is 2.47. The smallest absolute Gasteiger partial charge is 0.239 e. The lowest BCUT2D eigenvalue weighted by Gasteiger charge is -1.91. The quantitative estimate of drug-likeness (QED) is 0.639. The van der Waals surface area contributed by atoms with Crippen LogP contribution in [-0.4, -0.2) is 19.5 Å². The molecule has 0 unspecified atom stereocenters. The SMILES string of the molecule is Cn1/c(=N/F)[nH]c2nc(Cl)ncc21. The molecule has 5 nitrogen and oxygen atoms in total. The molecule has 2 rings (SSSR count). The molecule has 1 N–H and O–H groups in total. The number of hydrogen-bond donors (Lipinski definition) is 1. The van der Waals surface area contributed by atoms with Gasteiger partial charge in [0.2, 0.25) is 10.9 Å². The van der Waals surface area contributed by atoms with Crippen molar-refractivity contribution in [2.75, 3.05) is 0 Å². The van der Waals surface area contributed by atoms with E-state index in [0.717, 1.165) is 0 Å². The predicted octanol–water partition coefficient (Wildman–Crippen LogP) is 0.735. The molecule has 0 radical (unpaired) electrons. The Labute approximate surface area is 76.9 Å². The van der Waals surface area contributed by atoms with Crippen LogP contribution in [0.25, 0.3) is 11.2 Å². The molecule has 0 aromatic carbocycles. The Bertz CT molecular complexity index is 513. The number of nitrogens with zero attached hydrogens (tertiary/aromatic N) is 4. The molecule has 13 heavy (non-hydrogen) atoms. The zero-order chi connectivity index (χ0) is 9.42. The van der Waals surface area contributed by atoms with E-state index >= 15 is 0 Å². The molecule has 0 fully saturated rings. The summed E-state index contributed by atoms with van der Waals surface area (Å²) in [6, 6.07) is 0. The van der Waals surface area contributed by atoms with Crippen molar-refractivity contribution in [2.45, 2.75) is 0 Å². The maximum atomic E-state index is 12.0. The summed E-state index contributed by atoms with van der Waals surface area (Å²) in [4.78, 5) is 10.3. The van der Waals surface area contributed by atoms with Gasteiger partial charge in [-0.3, -0.25) is 0 Å². The predicted molar refractivity (Wildman–Crippen MR) is 44.5 cm³/mol. The van der Waals surface area contributed by atoms with E-state index in [0.29, 0.717) is 11.2 Å². The molecule has 0 spiro atoms. The summed E-state index contributed by atoms with van der Waals surface area (Å²) in [7, 11) is 1.65. The fourth-order valence-electron chi connectivity index (χ4n) is 1.07. The Kier molecular flexibility index (Phi) is 1.77. The first-order valence-corrected chi connectivity index (χ1v) is 3.82. The van der Waals surface area contributed by atoms with E-state index in [-0.39, 0.29) is 10.9 Å². The van der Waals surface area contributed by atoms with Crippen LogP contribution in [-0.2, 0) is 7.05 Å². The van der Waals surface area contributed by atoms with Crippen LogP contribution in [0.3, 0.4) is 0 Å². The summed E-state index contributed by atoms with van der Waals surface area (Å²) >= 11 is 5.55. The minimum atomic E-state index is 0.0755. The Morgan fingerprint density at radius 1 is 1.69 bits per heavy atom. The second kappa shape index (κ2) is 2.81. The number of hydrogen-bond acceptors (Lipinski definition) is 3. The van der Waals surface area contributed by atoms with Crippen LogP contribution in [0.1, 0.15) is 0 Å². The van der Waals surface area contributed by atoms with Gasteiger partial charge in [0.05, 0.1) is 6.20 Å². The van der Waals surface area contributed by atoms with E-state index in [4.69, 9.17) is 11.6 Å². The lowest BCUT2D eigenvalue weighted by atomic mass is 10.5. The minimum absolute atomic E-state index is 0.0755. The van der Waals surface area contributed by atoms with Crippen molar-refractivity contribution < 1.29 is 4.48 Å². The summed E-state index contributed by atoms with van der Waals surface area (Å²) in [5, 5.41) is 2.64. The zero-order valence-electron chi connectivity index (χ0n) is 6.62. The number of H-pyrrole nitrogens is 1. The van der Waals surface area contributed by atoms with E-state index in [9.17, 15) is 4.48 Å². The molecular weight excluding hydrogens is 197 g/mol. The van der Waals surface area contributed by atoms with Crippen LogP contribution in [0.15, 0.2) is 11.4 Å². The van der Waals surface area contributed by atoms with Crippen LogP contribution in [0.5, 0.6) is 0 Å². The van der Waals surface area contributed by atoms with Gasteiger partial charge in [-0.15, -0.1) is 0 Å². The van der Waals surface area contributed by atoms with Gasteiger partial charge in [-0.05, 0) is 16.8 Å². The number of aromatic amines is 1. The minimum Gasteiger partial charge on any atom is -0.309 e. The van der Waals surface area contributed by atoms with Gasteiger partial charge in [0, 0.05) is 7.05 Å². The summed E-state index contributed by atoms with van der Waals surface area (Å²) in [5.74, 6) is 0. The third-order valence-electron chi connectivity index (χ3n) is 1.73. The average molecular weight is 202 g/mol. The van der Waals surface area contributed by atoms with E-state index in [1.165, 1.54) is 10.8 Å². The van der Waals surface area contributed by atoms with Crippen molar-refractivity contribution in [1.82, 2.24) is 19.5 Å². The molecule has 0 atom stereocenters. The van der Waals surface area contributed by atoms with Crippen LogP contribution in [0.4, 0.5) is 4.48 Å². The lowest BCUT2D eigenvalue weighted by molar-refractivity contribution is 0.491. The monoisotopic (exact) mass is 201 g/mol. The van der Waals surface area contributed by atoms with E-state index in [2.05, 4.69) is 20.2 Å².